The number of amides is 1. The number of aryl methyl sites for hydroxylation is 1. The monoisotopic (exact) mass is 556 g/mol. The van der Waals surface area contributed by atoms with Crippen LogP contribution in [-0.4, -0.2) is 36.5 Å². The van der Waals surface area contributed by atoms with Crippen LogP contribution in [0.4, 0.5) is 10.5 Å². The van der Waals surface area contributed by atoms with Crippen molar-refractivity contribution in [2.45, 2.75) is 78.0 Å². The normalized spacial score (nSPS) is 16.8. The molecular weight excluding hydrogens is 512 g/mol. The highest BCUT2D eigenvalue weighted by molar-refractivity contribution is 5.72. The van der Waals surface area contributed by atoms with E-state index in [1.165, 1.54) is 36.9 Å². The van der Waals surface area contributed by atoms with Gasteiger partial charge < -0.3 is 24.8 Å². The number of nitrogens with one attached hydrogen (secondary N) is 1. The first-order valence-corrected chi connectivity index (χ1v) is 15.0. The van der Waals surface area contributed by atoms with E-state index in [9.17, 15) is 9.90 Å². The molecule has 3 aromatic carbocycles. The molecule has 6 heteroatoms. The summed E-state index contributed by atoms with van der Waals surface area (Å²) in [6.45, 7) is 10.0. The maximum absolute atomic E-state index is 12.4. The standard InChI is InChI=1S/C35H44N2O4/c1-5-26-9-6-7-12-32(26)40-24-25-19-29(22-30(20-25)37-17-15-35(13-14-35)16-18-37)27-10-8-11-28(21-27)31(23-38)36-33(39)41-34(2,3)4/h6-12,19-22,31,38H,5,13-18,23-24H2,1-4H3,(H,36,39)/t31-/m1/s1. The number of hydrogen-bond acceptors (Lipinski definition) is 5. The van der Waals surface area contributed by atoms with Crippen LogP contribution in [0.3, 0.4) is 0 Å². The zero-order valence-electron chi connectivity index (χ0n) is 24.9. The van der Waals surface area contributed by atoms with Gasteiger partial charge in [0.05, 0.1) is 12.6 Å². The Labute approximate surface area is 244 Å². The van der Waals surface area contributed by atoms with Crippen LogP contribution in [0.5, 0.6) is 5.75 Å². The molecule has 1 aliphatic carbocycles. The van der Waals surface area contributed by atoms with Crippen molar-refractivity contribution in [2.75, 3.05) is 24.6 Å². The quantitative estimate of drug-likeness (QED) is 0.287. The van der Waals surface area contributed by atoms with Gasteiger partial charge >= 0.3 is 6.09 Å². The molecule has 1 saturated heterocycles. The molecular formula is C35H44N2O4. The number of carbonyl (C=O) groups is 1. The second kappa shape index (κ2) is 12.2. The Morgan fingerprint density at radius 3 is 2.41 bits per heavy atom. The van der Waals surface area contributed by atoms with Gasteiger partial charge in [0.2, 0.25) is 0 Å². The zero-order valence-corrected chi connectivity index (χ0v) is 24.9. The summed E-state index contributed by atoms with van der Waals surface area (Å²) in [6.07, 6.45) is 5.66. The molecule has 0 radical (unpaired) electrons. The molecule has 0 aromatic heterocycles. The number of benzene rings is 3. The largest absolute Gasteiger partial charge is 0.489 e. The molecule has 2 N–H and O–H groups in total. The fourth-order valence-electron chi connectivity index (χ4n) is 5.74. The van der Waals surface area contributed by atoms with Crippen LogP contribution in [0.15, 0.2) is 66.7 Å². The van der Waals surface area contributed by atoms with Crippen molar-refractivity contribution >= 4 is 11.8 Å². The Morgan fingerprint density at radius 2 is 1.73 bits per heavy atom. The topological polar surface area (TPSA) is 71.0 Å². The molecule has 0 unspecified atom stereocenters. The van der Waals surface area contributed by atoms with Crippen LogP contribution in [0.2, 0.25) is 0 Å². The fourth-order valence-corrected chi connectivity index (χ4v) is 5.74. The average molecular weight is 557 g/mol. The molecule has 41 heavy (non-hydrogen) atoms. The SMILES string of the molecule is CCc1ccccc1OCc1cc(-c2cccc([C@@H](CO)NC(=O)OC(C)(C)C)c2)cc(N2CCC3(CC2)CC3)c1. The Kier molecular flexibility index (Phi) is 8.60. The van der Waals surface area contributed by atoms with E-state index in [4.69, 9.17) is 9.47 Å². The maximum Gasteiger partial charge on any atom is 0.408 e. The third-order valence-electron chi connectivity index (χ3n) is 8.37. The molecule has 218 valence electrons. The molecule has 1 heterocycles. The minimum Gasteiger partial charge on any atom is -0.489 e. The summed E-state index contributed by atoms with van der Waals surface area (Å²) in [5.41, 5.74) is 6.48. The second-order valence-electron chi connectivity index (χ2n) is 12.6. The summed E-state index contributed by atoms with van der Waals surface area (Å²) >= 11 is 0. The van der Waals surface area contributed by atoms with Crippen molar-refractivity contribution in [3.8, 4) is 16.9 Å². The van der Waals surface area contributed by atoms with Crippen molar-refractivity contribution in [1.82, 2.24) is 5.32 Å². The summed E-state index contributed by atoms with van der Waals surface area (Å²) in [5.74, 6) is 0.927. The van der Waals surface area contributed by atoms with Gasteiger partial charge in [-0.05, 0) is 116 Å². The van der Waals surface area contributed by atoms with Gasteiger partial charge in [0.15, 0.2) is 0 Å². The number of para-hydroxylation sites is 1. The van der Waals surface area contributed by atoms with Gasteiger partial charge in [-0.15, -0.1) is 0 Å². The molecule has 1 aliphatic heterocycles. The van der Waals surface area contributed by atoms with Gasteiger partial charge in [0, 0.05) is 18.8 Å². The minimum atomic E-state index is -0.615. The number of aliphatic hydroxyl groups excluding tert-OH is 1. The molecule has 1 atom stereocenters. The predicted octanol–water partition coefficient (Wildman–Crippen LogP) is 7.43. The van der Waals surface area contributed by atoms with E-state index < -0.39 is 17.7 Å². The second-order valence-corrected chi connectivity index (χ2v) is 12.6. The van der Waals surface area contributed by atoms with E-state index in [1.807, 2.05) is 51.1 Å². The highest BCUT2D eigenvalue weighted by Gasteiger charge is 2.44. The van der Waals surface area contributed by atoms with Crippen LogP contribution in [-0.2, 0) is 17.8 Å². The van der Waals surface area contributed by atoms with Crippen molar-refractivity contribution in [3.05, 3.63) is 83.4 Å². The average Bonchev–Trinajstić information content (AvgIpc) is 3.72. The Morgan fingerprint density at radius 1 is 0.976 bits per heavy atom. The first-order valence-electron chi connectivity index (χ1n) is 15.0. The van der Waals surface area contributed by atoms with E-state index >= 15 is 0 Å². The number of hydrogen-bond donors (Lipinski definition) is 2. The van der Waals surface area contributed by atoms with Crippen LogP contribution in [0.25, 0.3) is 11.1 Å². The van der Waals surface area contributed by atoms with Gasteiger partial charge in [-0.2, -0.15) is 0 Å². The van der Waals surface area contributed by atoms with Crippen LogP contribution in [0, 0.1) is 5.41 Å². The lowest BCUT2D eigenvalue weighted by Crippen LogP contribution is -2.36. The third kappa shape index (κ3) is 7.42. The summed E-state index contributed by atoms with van der Waals surface area (Å²) in [5, 5.41) is 12.9. The van der Waals surface area contributed by atoms with Gasteiger partial charge in [-0.3, -0.25) is 0 Å². The molecule has 2 aliphatic rings. The first kappa shape index (κ1) is 29.0. The van der Waals surface area contributed by atoms with E-state index in [1.54, 1.807) is 0 Å². The smallest absolute Gasteiger partial charge is 0.408 e. The van der Waals surface area contributed by atoms with E-state index in [2.05, 4.69) is 53.5 Å². The number of carbonyl (C=O) groups excluding carboxylic acids is 1. The Balaban J connectivity index is 1.42. The lowest BCUT2D eigenvalue weighted by molar-refractivity contribution is 0.0482. The number of piperidine rings is 1. The van der Waals surface area contributed by atoms with Crippen LogP contribution < -0.4 is 15.0 Å². The fraction of sp³-hybridized carbons (Fsp3) is 0.457. The molecule has 1 amide bonds. The summed E-state index contributed by atoms with van der Waals surface area (Å²) in [6, 6.07) is 22.4. The van der Waals surface area contributed by atoms with Gasteiger partial charge in [0.1, 0.15) is 18.0 Å². The van der Waals surface area contributed by atoms with Crippen molar-refractivity contribution in [1.29, 1.82) is 0 Å². The molecule has 0 bridgehead atoms. The Hall–Kier alpha value is -3.51. The van der Waals surface area contributed by atoms with E-state index in [-0.39, 0.29) is 6.61 Å². The summed E-state index contributed by atoms with van der Waals surface area (Å²) < 4.78 is 11.8. The number of nitrogens with zero attached hydrogens (tertiary/aromatic N) is 1. The lowest BCUT2D eigenvalue weighted by atomic mass is 9.92. The van der Waals surface area contributed by atoms with Gasteiger partial charge in [-0.1, -0.05) is 43.3 Å². The molecule has 6 nitrogen and oxygen atoms in total. The van der Waals surface area contributed by atoms with Crippen molar-refractivity contribution < 1.29 is 19.4 Å². The van der Waals surface area contributed by atoms with Crippen LogP contribution >= 0.6 is 0 Å². The third-order valence-corrected chi connectivity index (χ3v) is 8.37. The summed E-state index contributed by atoms with van der Waals surface area (Å²) in [7, 11) is 0. The van der Waals surface area contributed by atoms with E-state index in [0.29, 0.717) is 12.0 Å². The molecule has 1 spiro atoms. The minimum absolute atomic E-state index is 0.228. The molecule has 5 rings (SSSR count). The van der Waals surface area contributed by atoms with Gasteiger partial charge in [0.25, 0.3) is 0 Å². The molecule has 2 fully saturated rings. The highest BCUT2D eigenvalue weighted by Crippen LogP contribution is 2.54. The number of anilines is 1. The highest BCUT2D eigenvalue weighted by atomic mass is 16.6. The molecule has 1 saturated carbocycles. The first-order chi connectivity index (χ1) is 19.7. The lowest BCUT2D eigenvalue weighted by Gasteiger charge is -2.34. The molecule has 3 aromatic rings. The number of aliphatic hydroxyl groups is 1. The van der Waals surface area contributed by atoms with Crippen molar-refractivity contribution in [2.24, 2.45) is 5.41 Å². The predicted molar refractivity (Wildman–Crippen MR) is 164 cm³/mol. The van der Waals surface area contributed by atoms with Gasteiger partial charge in [-0.25, -0.2) is 4.79 Å². The zero-order chi connectivity index (χ0) is 29.0. The van der Waals surface area contributed by atoms with Crippen LogP contribution in [0.1, 0.15) is 76.1 Å². The number of alkyl carbamates (subject to hydrolysis) is 1. The Bertz CT molecular complexity index is 1350. The van der Waals surface area contributed by atoms with Crippen molar-refractivity contribution in [3.63, 3.8) is 0 Å². The van der Waals surface area contributed by atoms with E-state index in [0.717, 1.165) is 47.5 Å². The number of rotatable bonds is 9. The summed E-state index contributed by atoms with van der Waals surface area (Å²) in [4.78, 5) is 15.0. The number of ether oxygens (including phenoxy) is 2. The maximum atomic E-state index is 12.4.